The number of halogens is 1. The molecule has 0 saturated carbocycles. The van der Waals surface area contributed by atoms with Crippen molar-refractivity contribution in [3.05, 3.63) is 58.1 Å². The predicted molar refractivity (Wildman–Crippen MR) is 112 cm³/mol. The zero-order chi connectivity index (χ0) is 20.1. The molecule has 0 spiro atoms. The van der Waals surface area contributed by atoms with Gasteiger partial charge in [0.25, 0.3) is 0 Å². The molecule has 1 unspecified atom stereocenters. The number of ether oxygens (including phenoxy) is 3. The van der Waals surface area contributed by atoms with Crippen molar-refractivity contribution in [3.8, 4) is 11.5 Å². The van der Waals surface area contributed by atoms with Gasteiger partial charge in [0.1, 0.15) is 11.5 Å². The van der Waals surface area contributed by atoms with Crippen molar-refractivity contribution in [3.63, 3.8) is 0 Å². The Morgan fingerprint density at radius 3 is 2.39 bits per heavy atom. The van der Waals surface area contributed by atoms with Crippen LogP contribution in [0.3, 0.4) is 0 Å². The molecule has 1 aliphatic rings. The van der Waals surface area contributed by atoms with Crippen LogP contribution in [0.4, 0.5) is 0 Å². The summed E-state index contributed by atoms with van der Waals surface area (Å²) < 4.78 is 17.3. The molecule has 0 aliphatic carbocycles. The zero-order valence-electron chi connectivity index (χ0n) is 16.5. The fraction of sp³-hybridized carbons (Fsp3) is 0.409. The second kappa shape index (κ2) is 8.97. The Hall–Kier alpha value is -2.05. The summed E-state index contributed by atoms with van der Waals surface area (Å²) in [5.41, 5.74) is 1.34. The van der Waals surface area contributed by atoms with Crippen LogP contribution in [0.5, 0.6) is 11.5 Å². The number of amides is 1. The van der Waals surface area contributed by atoms with Gasteiger partial charge in [-0.1, -0.05) is 28.1 Å². The number of nitrogens with one attached hydrogen (secondary N) is 1. The molecule has 1 atom stereocenters. The van der Waals surface area contributed by atoms with E-state index in [0.29, 0.717) is 31.8 Å². The minimum atomic E-state index is -0.590. The second-order valence-corrected chi connectivity index (χ2v) is 7.92. The third kappa shape index (κ3) is 4.18. The molecular formula is C22H26BrNO4. The lowest BCUT2D eigenvalue weighted by atomic mass is 9.73. The van der Waals surface area contributed by atoms with Gasteiger partial charge in [-0.05, 0) is 49.6 Å². The van der Waals surface area contributed by atoms with Gasteiger partial charge >= 0.3 is 0 Å². The molecule has 0 aromatic heterocycles. The van der Waals surface area contributed by atoms with Gasteiger partial charge in [0, 0.05) is 29.3 Å². The topological polar surface area (TPSA) is 56.8 Å². The van der Waals surface area contributed by atoms with E-state index >= 15 is 0 Å². The van der Waals surface area contributed by atoms with Crippen molar-refractivity contribution < 1.29 is 19.0 Å². The van der Waals surface area contributed by atoms with Gasteiger partial charge in [0.05, 0.1) is 25.7 Å². The van der Waals surface area contributed by atoms with Crippen LogP contribution in [0.15, 0.2) is 46.9 Å². The maximum Gasteiger partial charge on any atom is 0.231 e. The monoisotopic (exact) mass is 447 g/mol. The van der Waals surface area contributed by atoms with Gasteiger partial charge in [-0.25, -0.2) is 0 Å². The van der Waals surface area contributed by atoms with Crippen molar-refractivity contribution in [2.45, 2.75) is 31.2 Å². The lowest BCUT2D eigenvalue weighted by molar-refractivity contribution is -0.131. The van der Waals surface area contributed by atoms with Crippen LogP contribution in [-0.2, 0) is 14.9 Å². The second-order valence-electron chi connectivity index (χ2n) is 7.00. The van der Waals surface area contributed by atoms with Crippen LogP contribution in [-0.4, -0.2) is 33.3 Å². The van der Waals surface area contributed by atoms with Crippen molar-refractivity contribution in [1.29, 1.82) is 0 Å². The van der Waals surface area contributed by atoms with Crippen LogP contribution in [0, 0.1) is 0 Å². The Kier molecular flexibility index (Phi) is 6.62. The number of carbonyl (C=O) groups is 1. The molecule has 5 nitrogen and oxygen atoms in total. The highest BCUT2D eigenvalue weighted by atomic mass is 79.9. The molecule has 1 heterocycles. The van der Waals surface area contributed by atoms with E-state index in [1.165, 1.54) is 0 Å². The Morgan fingerprint density at radius 1 is 1.11 bits per heavy atom. The average molecular weight is 448 g/mol. The normalized spacial score (nSPS) is 16.9. The highest BCUT2D eigenvalue weighted by Gasteiger charge is 2.42. The van der Waals surface area contributed by atoms with Gasteiger partial charge in [-0.2, -0.15) is 0 Å². The number of hydrogen-bond acceptors (Lipinski definition) is 4. The standard InChI is InChI=1S/C22H26BrNO4/c1-15(19-9-8-18(26-2)14-20(19)27-3)24-21(25)22(10-12-28-13-11-22)16-4-6-17(23)7-5-16/h4-9,14-15H,10-13H2,1-3H3,(H,24,25). The van der Waals surface area contributed by atoms with Crippen molar-refractivity contribution in [1.82, 2.24) is 5.32 Å². The molecule has 1 amide bonds. The summed E-state index contributed by atoms with van der Waals surface area (Å²) in [6.07, 6.45) is 1.32. The smallest absolute Gasteiger partial charge is 0.231 e. The summed E-state index contributed by atoms with van der Waals surface area (Å²) >= 11 is 3.47. The lowest BCUT2D eigenvalue weighted by Gasteiger charge is -2.37. The summed E-state index contributed by atoms with van der Waals surface area (Å²) in [6, 6.07) is 13.4. The summed E-state index contributed by atoms with van der Waals surface area (Å²) in [7, 11) is 3.24. The Labute approximate surface area is 174 Å². The van der Waals surface area contributed by atoms with Gasteiger partial charge in [0.2, 0.25) is 5.91 Å². The molecule has 6 heteroatoms. The Bertz CT molecular complexity index is 816. The van der Waals surface area contributed by atoms with E-state index in [-0.39, 0.29) is 11.9 Å². The molecule has 150 valence electrons. The van der Waals surface area contributed by atoms with Crippen LogP contribution in [0.25, 0.3) is 0 Å². The third-order valence-electron chi connectivity index (χ3n) is 5.43. The first-order valence-electron chi connectivity index (χ1n) is 9.37. The SMILES string of the molecule is COc1ccc(C(C)NC(=O)C2(c3ccc(Br)cc3)CCOCC2)c(OC)c1. The van der Waals surface area contributed by atoms with Crippen LogP contribution in [0.1, 0.15) is 36.9 Å². The lowest BCUT2D eigenvalue weighted by Crippen LogP contribution is -2.48. The highest BCUT2D eigenvalue weighted by Crippen LogP contribution is 2.37. The van der Waals surface area contributed by atoms with Gasteiger partial charge < -0.3 is 19.5 Å². The van der Waals surface area contributed by atoms with Crippen molar-refractivity contribution in [2.75, 3.05) is 27.4 Å². The van der Waals surface area contributed by atoms with Crippen LogP contribution < -0.4 is 14.8 Å². The number of rotatable bonds is 6. The fourth-order valence-corrected chi connectivity index (χ4v) is 3.99. The molecule has 1 fully saturated rings. The van der Waals surface area contributed by atoms with Crippen LogP contribution in [0.2, 0.25) is 0 Å². The minimum absolute atomic E-state index is 0.0171. The maximum atomic E-state index is 13.5. The molecule has 3 rings (SSSR count). The summed E-state index contributed by atoms with van der Waals surface area (Å²) in [6.45, 7) is 3.12. The van der Waals surface area contributed by atoms with E-state index in [9.17, 15) is 4.79 Å². The summed E-state index contributed by atoms with van der Waals surface area (Å²) in [5, 5.41) is 3.20. The van der Waals surface area contributed by atoms with Gasteiger partial charge in [0.15, 0.2) is 0 Å². The molecule has 2 aromatic carbocycles. The van der Waals surface area contributed by atoms with E-state index in [1.54, 1.807) is 14.2 Å². The molecule has 0 bridgehead atoms. The van der Waals surface area contributed by atoms with Crippen LogP contribution >= 0.6 is 15.9 Å². The summed E-state index contributed by atoms with van der Waals surface area (Å²) in [4.78, 5) is 13.5. The Morgan fingerprint density at radius 2 is 1.79 bits per heavy atom. The van der Waals surface area contributed by atoms with E-state index in [2.05, 4.69) is 21.2 Å². The molecule has 28 heavy (non-hydrogen) atoms. The van der Waals surface area contributed by atoms with Gasteiger partial charge in [-0.3, -0.25) is 4.79 Å². The molecule has 1 N–H and O–H groups in total. The largest absolute Gasteiger partial charge is 0.497 e. The minimum Gasteiger partial charge on any atom is -0.497 e. The Balaban J connectivity index is 1.87. The third-order valence-corrected chi connectivity index (χ3v) is 5.96. The van der Waals surface area contributed by atoms with E-state index in [0.717, 1.165) is 21.3 Å². The average Bonchev–Trinajstić information content (AvgIpc) is 2.74. The fourth-order valence-electron chi connectivity index (χ4n) is 3.72. The zero-order valence-corrected chi connectivity index (χ0v) is 18.0. The molecule has 1 aliphatic heterocycles. The molecule has 0 radical (unpaired) electrons. The first-order valence-corrected chi connectivity index (χ1v) is 10.2. The number of methoxy groups -OCH3 is 2. The molecule has 1 saturated heterocycles. The summed E-state index contributed by atoms with van der Waals surface area (Å²) in [5.74, 6) is 1.43. The van der Waals surface area contributed by atoms with Gasteiger partial charge in [-0.15, -0.1) is 0 Å². The molecular weight excluding hydrogens is 422 g/mol. The highest BCUT2D eigenvalue weighted by molar-refractivity contribution is 9.10. The van der Waals surface area contributed by atoms with E-state index < -0.39 is 5.41 Å². The first kappa shape index (κ1) is 20.7. The van der Waals surface area contributed by atoms with Crippen molar-refractivity contribution >= 4 is 21.8 Å². The van der Waals surface area contributed by atoms with E-state index in [4.69, 9.17) is 14.2 Å². The first-order chi connectivity index (χ1) is 13.5. The quantitative estimate of drug-likeness (QED) is 0.712. The molecule has 2 aromatic rings. The number of carbonyl (C=O) groups excluding carboxylic acids is 1. The number of benzene rings is 2. The maximum absolute atomic E-state index is 13.5. The van der Waals surface area contributed by atoms with E-state index in [1.807, 2.05) is 49.4 Å². The number of hydrogen-bond donors (Lipinski definition) is 1. The van der Waals surface area contributed by atoms with Crippen molar-refractivity contribution in [2.24, 2.45) is 0 Å². The predicted octanol–water partition coefficient (Wildman–Crippen LogP) is 4.39.